The molecule has 0 radical (unpaired) electrons. The highest BCUT2D eigenvalue weighted by Gasteiger charge is 2.20. The quantitative estimate of drug-likeness (QED) is 0.703. The normalized spacial score (nSPS) is 10.5. The van der Waals surface area contributed by atoms with Gasteiger partial charge in [-0.25, -0.2) is 4.39 Å². The fourth-order valence-corrected chi connectivity index (χ4v) is 2.48. The van der Waals surface area contributed by atoms with Crippen molar-refractivity contribution in [2.24, 2.45) is 0 Å². The molecule has 0 N–H and O–H groups in total. The fraction of sp³-hybridized carbons (Fsp3) is 0.167. The molecule has 3 rings (SSSR count). The molecule has 0 spiro atoms. The van der Waals surface area contributed by atoms with Gasteiger partial charge in [0, 0.05) is 11.6 Å². The Morgan fingerprint density at radius 3 is 2.08 bits per heavy atom. The third-order valence-electron chi connectivity index (χ3n) is 3.68. The van der Waals surface area contributed by atoms with Crippen LogP contribution in [0.4, 0.5) is 4.39 Å². The highest BCUT2D eigenvalue weighted by molar-refractivity contribution is 5.83. The van der Waals surface area contributed by atoms with E-state index in [9.17, 15) is 4.39 Å². The lowest BCUT2D eigenvalue weighted by atomic mass is 10.0. The maximum Gasteiger partial charge on any atom is 0.178 e. The van der Waals surface area contributed by atoms with Gasteiger partial charge < -0.3 is 18.7 Å². The van der Waals surface area contributed by atoms with Crippen LogP contribution in [-0.2, 0) is 0 Å². The third kappa shape index (κ3) is 2.78. The first-order valence-electron chi connectivity index (χ1n) is 7.19. The number of rotatable bonds is 5. The molecule has 2 aromatic carbocycles. The predicted octanol–water partition coefficient (Wildman–Crippen LogP) is 4.17. The lowest BCUT2D eigenvalue weighted by Gasteiger charge is -2.13. The second kappa shape index (κ2) is 6.62. The maximum atomic E-state index is 13.2. The fourth-order valence-electron chi connectivity index (χ4n) is 2.48. The van der Waals surface area contributed by atoms with Gasteiger partial charge in [0.05, 0.1) is 33.1 Å². The summed E-state index contributed by atoms with van der Waals surface area (Å²) in [5.74, 6) is 1.82. The Morgan fingerprint density at radius 1 is 0.833 bits per heavy atom. The number of methoxy groups -OCH3 is 3. The Kier molecular flexibility index (Phi) is 4.37. The SMILES string of the molecule is COc1cc(OC)c(-c2oncc2-c2ccc(F)cc2)cc1OC. The van der Waals surface area contributed by atoms with Crippen molar-refractivity contribution in [2.75, 3.05) is 21.3 Å². The van der Waals surface area contributed by atoms with Gasteiger partial charge in [-0.2, -0.15) is 0 Å². The minimum Gasteiger partial charge on any atom is -0.496 e. The van der Waals surface area contributed by atoms with Crippen LogP contribution >= 0.6 is 0 Å². The van der Waals surface area contributed by atoms with E-state index in [1.54, 1.807) is 51.8 Å². The van der Waals surface area contributed by atoms with E-state index in [0.29, 0.717) is 28.6 Å². The highest BCUT2D eigenvalue weighted by Crippen LogP contribution is 2.43. The van der Waals surface area contributed by atoms with Crippen molar-refractivity contribution in [3.8, 4) is 39.7 Å². The molecule has 24 heavy (non-hydrogen) atoms. The molecule has 0 bridgehead atoms. The molecule has 5 nitrogen and oxygen atoms in total. The average molecular weight is 329 g/mol. The van der Waals surface area contributed by atoms with Gasteiger partial charge in [-0.1, -0.05) is 17.3 Å². The minimum absolute atomic E-state index is 0.305. The Morgan fingerprint density at radius 2 is 1.46 bits per heavy atom. The van der Waals surface area contributed by atoms with Gasteiger partial charge in [-0.3, -0.25) is 0 Å². The van der Waals surface area contributed by atoms with E-state index < -0.39 is 0 Å². The third-order valence-corrected chi connectivity index (χ3v) is 3.68. The van der Waals surface area contributed by atoms with E-state index in [-0.39, 0.29) is 5.82 Å². The molecule has 0 fully saturated rings. The summed E-state index contributed by atoms with van der Waals surface area (Å²) in [4.78, 5) is 0. The maximum absolute atomic E-state index is 13.2. The van der Waals surface area contributed by atoms with E-state index in [2.05, 4.69) is 5.16 Å². The van der Waals surface area contributed by atoms with Crippen molar-refractivity contribution in [3.05, 3.63) is 48.4 Å². The van der Waals surface area contributed by atoms with Crippen LogP contribution in [-0.4, -0.2) is 26.5 Å². The molecule has 1 heterocycles. The first-order valence-corrected chi connectivity index (χ1v) is 7.19. The smallest absolute Gasteiger partial charge is 0.178 e. The van der Waals surface area contributed by atoms with Crippen molar-refractivity contribution in [1.82, 2.24) is 5.16 Å². The summed E-state index contributed by atoms with van der Waals surface area (Å²) in [7, 11) is 4.66. The molecule has 124 valence electrons. The molecular formula is C18H16FNO4. The number of aromatic nitrogens is 1. The first kappa shape index (κ1) is 15.9. The van der Waals surface area contributed by atoms with Gasteiger partial charge >= 0.3 is 0 Å². The summed E-state index contributed by atoms with van der Waals surface area (Å²) < 4.78 is 34.7. The lowest BCUT2D eigenvalue weighted by molar-refractivity contribution is 0.348. The number of nitrogens with zero attached hydrogens (tertiary/aromatic N) is 1. The predicted molar refractivity (Wildman–Crippen MR) is 87.0 cm³/mol. The van der Waals surface area contributed by atoms with Crippen molar-refractivity contribution in [1.29, 1.82) is 0 Å². The summed E-state index contributed by atoms with van der Waals surface area (Å²) in [5, 5.41) is 3.87. The Hall–Kier alpha value is -3.02. The molecule has 0 amide bonds. The summed E-state index contributed by atoms with van der Waals surface area (Å²) in [6, 6.07) is 9.57. The van der Waals surface area contributed by atoms with E-state index in [4.69, 9.17) is 18.7 Å². The number of hydrogen-bond acceptors (Lipinski definition) is 5. The zero-order chi connectivity index (χ0) is 17.1. The van der Waals surface area contributed by atoms with Crippen LogP contribution < -0.4 is 14.2 Å². The van der Waals surface area contributed by atoms with Gasteiger partial charge in [0.2, 0.25) is 0 Å². The van der Waals surface area contributed by atoms with Crippen molar-refractivity contribution < 1.29 is 23.1 Å². The monoisotopic (exact) mass is 329 g/mol. The Labute approximate surface area is 138 Å². The zero-order valence-corrected chi connectivity index (χ0v) is 13.5. The molecule has 0 saturated carbocycles. The number of hydrogen-bond donors (Lipinski definition) is 0. The largest absolute Gasteiger partial charge is 0.496 e. The van der Waals surface area contributed by atoms with E-state index in [1.165, 1.54) is 12.1 Å². The van der Waals surface area contributed by atoms with Crippen LogP contribution in [0.3, 0.4) is 0 Å². The van der Waals surface area contributed by atoms with Crippen LogP contribution in [0, 0.1) is 5.82 Å². The minimum atomic E-state index is -0.305. The van der Waals surface area contributed by atoms with Gasteiger partial charge in [-0.05, 0) is 23.8 Å². The lowest BCUT2D eigenvalue weighted by Crippen LogP contribution is -1.95. The number of benzene rings is 2. The Balaban J connectivity index is 2.16. The van der Waals surface area contributed by atoms with Crippen LogP contribution in [0.1, 0.15) is 0 Å². The number of ether oxygens (including phenoxy) is 3. The molecule has 1 aromatic heterocycles. The first-order chi connectivity index (χ1) is 11.7. The average Bonchev–Trinajstić information content (AvgIpc) is 3.10. The van der Waals surface area contributed by atoms with Crippen LogP contribution in [0.15, 0.2) is 47.1 Å². The van der Waals surface area contributed by atoms with E-state index in [1.807, 2.05) is 0 Å². The molecule has 0 unspecified atom stereocenters. The summed E-state index contributed by atoms with van der Waals surface area (Å²) in [5.41, 5.74) is 2.16. The molecule has 0 aliphatic heterocycles. The van der Waals surface area contributed by atoms with Crippen molar-refractivity contribution in [2.45, 2.75) is 0 Å². The molecule has 6 heteroatoms. The standard InChI is InChI=1S/C18H16FNO4/c1-21-15-9-17(23-3)16(22-2)8-13(15)18-14(10-20-24-18)11-4-6-12(19)7-5-11/h4-10H,1-3H3. The molecule has 3 aromatic rings. The van der Waals surface area contributed by atoms with Crippen molar-refractivity contribution in [3.63, 3.8) is 0 Å². The second-order valence-electron chi connectivity index (χ2n) is 4.98. The van der Waals surface area contributed by atoms with Crippen LogP contribution in [0.5, 0.6) is 17.2 Å². The van der Waals surface area contributed by atoms with Gasteiger partial charge in [0.1, 0.15) is 11.6 Å². The van der Waals surface area contributed by atoms with E-state index in [0.717, 1.165) is 11.1 Å². The molecular weight excluding hydrogens is 313 g/mol. The second-order valence-corrected chi connectivity index (χ2v) is 4.98. The van der Waals surface area contributed by atoms with Gasteiger partial charge in [0.15, 0.2) is 17.3 Å². The van der Waals surface area contributed by atoms with Crippen LogP contribution in [0.2, 0.25) is 0 Å². The van der Waals surface area contributed by atoms with Gasteiger partial charge in [-0.15, -0.1) is 0 Å². The summed E-state index contributed by atoms with van der Waals surface area (Å²) >= 11 is 0. The van der Waals surface area contributed by atoms with Crippen molar-refractivity contribution >= 4 is 0 Å². The molecule has 0 aliphatic rings. The van der Waals surface area contributed by atoms with Crippen LogP contribution in [0.25, 0.3) is 22.5 Å². The Bertz CT molecular complexity index is 843. The topological polar surface area (TPSA) is 53.7 Å². The molecule has 0 saturated heterocycles. The highest BCUT2D eigenvalue weighted by atomic mass is 19.1. The van der Waals surface area contributed by atoms with E-state index >= 15 is 0 Å². The van der Waals surface area contributed by atoms with Gasteiger partial charge in [0.25, 0.3) is 0 Å². The molecule has 0 atom stereocenters. The number of halogens is 1. The summed E-state index contributed by atoms with van der Waals surface area (Å²) in [6.45, 7) is 0. The molecule has 0 aliphatic carbocycles. The zero-order valence-electron chi connectivity index (χ0n) is 13.5. The summed E-state index contributed by atoms with van der Waals surface area (Å²) in [6.07, 6.45) is 1.58.